The number of hydrogen-bond donors (Lipinski definition) is 0. The summed E-state index contributed by atoms with van der Waals surface area (Å²) in [6.07, 6.45) is 3.80. The minimum absolute atomic E-state index is 0.103. The number of aryl methyl sites for hydroxylation is 1. The lowest BCUT2D eigenvalue weighted by Gasteiger charge is -2.37. The van der Waals surface area contributed by atoms with Crippen LogP contribution in [-0.4, -0.2) is 10.5 Å². The van der Waals surface area contributed by atoms with E-state index in [4.69, 9.17) is 4.74 Å². The van der Waals surface area contributed by atoms with Crippen LogP contribution in [-0.2, 0) is 6.42 Å². The van der Waals surface area contributed by atoms with Crippen LogP contribution in [0.15, 0.2) is 18.2 Å². The van der Waals surface area contributed by atoms with Crippen LogP contribution in [0.25, 0.3) is 0 Å². The van der Waals surface area contributed by atoms with Crippen molar-refractivity contribution >= 4 is 5.69 Å². The Labute approximate surface area is 101 Å². The summed E-state index contributed by atoms with van der Waals surface area (Å²) >= 11 is 0. The van der Waals surface area contributed by atoms with Crippen molar-refractivity contribution in [1.82, 2.24) is 0 Å². The van der Waals surface area contributed by atoms with Crippen molar-refractivity contribution in [3.8, 4) is 5.75 Å². The molecule has 0 fully saturated rings. The van der Waals surface area contributed by atoms with Gasteiger partial charge in [0.15, 0.2) is 0 Å². The van der Waals surface area contributed by atoms with Crippen LogP contribution in [0.1, 0.15) is 38.7 Å². The summed E-state index contributed by atoms with van der Waals surface area (Å²) < 4.78 is 6.00. The number of non-ortho nitro benzene ring substituents is 1. The van der Waals surface area contributed by atoms with E-state index in [0.717, 1.165) is 31.2 Å². The largest absolute Gasteiger partial charge is 0.487 e. The molecule has 0 bridgehead atoms. The number of benzene rings is 1. The second-order valence-electron chi connectivity index (χ2n) is 4.54. The van der Waals surface area contributed by atoms with Gasteiger partial charge in [0.1, 0.15) is 11.4 Å². The average Bonchev–Trinajstić information content (AvgIpc) is 2.37. The quantitative estimate of drug-likeness (QED) is 0.595. The number of nitro benzene ring substituents is 1. The molecule has 0 amide bonds. The normalized spacial score (nSPS) is 17.1. The predicted molar refractivity (Wildman–Crippen MR) is 65.4 cm³/mol. The van der Waals surface area contributed by atoms with E-state index < -0.39 is 0 Å². The van der Waals surface area contributed by atoms with E-state index in [1.54, 1.807) is 12.1 Å². The Morgan fingerprint density at radius 3 is 2.71 bits per heavy atom. The summed E-state index contributed by atoms with van der Waals surface area (Å²) in [4.78, 5) is 10.4. The average molecular weight is 235 g/mol. The van der Waals surface area contributed by atoms with E-state index in [1.807, 2.05) is 6.07 Å². The van der Waals surface area contributed by atoms with Gasteiger partial charge < -0.3 is 4.74 Å². The zero-order valence-electron chi connectivity index (χ0n) is 10.2. The van der Waals surface area contributed by atoms with E-state index in [0.29, 0.717) is 5.75 Å². The molecule has 1 aromatic rings. The first kappa shape index (κ1) is 11.9. The van der Waals surface area contributed by atoms with Gasteiger partial charge in [0.25, 0.3) is 5.69 Å². The van der Waals surface area contributed by atoms with Crippen molar-refractivity contribution in [1.29, 1.82) is 0 Å². The van der Waals surface area contributed by atoms with Crippen LogP contribution in [0.2, 0.25) is 0 Å². The molecular weight excluding hydrogens is 218 g/mol. The van der Waals surface area contributed by atoms with E-state index in [9.17, 15) is 10.1 Å². The standard InChI is InChI=1S/C13H17NO3/c1-3-13(4-2)8-7-10-5-6-11(14(15)16)9-12(10)17-13/h5-6,9H,3-4,7-8H2,1-2H3. The fourth-order valence-corrected chi connectivity index (χ4v) is 2.35. The molecule has 17 heavy (non-hydrogen) atoms. The molecule has 0 N–H and O–H groups in total. The van der Waals surface area contributed by atoms with Gasteiger partial charge in [-0.2, -0.15) is 0 Å². The van der Waals surface area contributed by atoms with Crippen molar-refractivity contribution in [3.05, 3.63) is 33.9 Å². The number of nitro groups is 1. The summed E-state index contributed by atoms with van der Waals surface area (Å²) in [7, 11) is 0. The smallest absolute Gasteiger partial charge is 0.273 e. The lowest BCUT2D eigenvalue weighted by atomic mass is 9.86. The lowest BCUT2D eigenvalue weighted by Crippen LogP contribution is -2.38. The molecule has 4 heteroatoms. The molecule has 0 radical (unpaired) electrons. The molecule has 0 unspecified atom stereocenters. The molecule has 0 saturated carbocycles. The minimum Gasteiger partial charge on any atom is -0.487 e. The number of fused-ring (bicyclic) bond motifs is 1. The number of hydrogen-bond acceptors (Lipinski definition) is 3. The summed E-state index contributed by atoms with van der Waals surface area (Å²) in [5, 5.41) is 10.7. The van der Waals surface area contributed by atoms with Gasteiger partial charge in [0.2, 0.25) is 0 Å². The molecule has 0 aromatic heterocycles. The third-order valence-corrected chi connectivity index (χ3v) is 3.73. The summed E-state index contributed by atoms with van der Waals surface area (Å²) in [6.45, 7) is 4.21. The number of nitrogens with zero attached hydrogens (tertiary/aromatic N) is 1. The Hall–Kier alpha value is -1.58. The highest BCUT2D eigenvalue weighted by Crippen LogP contribution is 2.38. The molecule has 0 atom stereocenters. The Morgan fingerprint density at radius 1 is 1.41 bits per heavy atom. The highest BCUT2D eigenvalue weighted by molar-refractivity contribution is 5.45. The molecular formula is C13H17NO3. The molecule has 0 saturated heterocycles. The molecule has 0 spiro atoms. The van der Waals surface area contributed by atoms with Crippen LogP contribution in [0.4, 0.5) is 5.69 Å². The molecule has 1 heterocycles. The van der Waals surface area contributed by atoms with Gasteiger partial charge in [-0.05, 0) is 37.3 Å². The van der Waals surface area contributed by atoms with E-state index in [-0.39, 0.29) is 16.2 Å². The topological polar surface area (TPSA) is 52.4 Å². The summed E-state index contributed by atoms with van der Waals surface area (Å²) in [5.41, 5.74) is 1.04. The molecule has 0 aliphatic carbocycles. The van der Waals surface area contributed by atoms with Crippen molar-refractivity contribution in [3.63, 3.8) is 0 Å². The van der Waals surface area contributed by atoms with Crippen LogP contribution in [0, 0.1) is 10.1 Å². The third kappa shape index (κ3) is 2.12. The number of rotatable bonds is 3. The van der Waals surface area contributed by atoms with Crippen LogP contribution < -0.4 is 4.74 Å². The number of ether oxygens (including phenoxy) is 1. The first-order chi connectivity index (χ1) is 8.10. The predicted octanol–water partition coefficient (Wildman–Crippen LogP) is 3.48. The molecule has 92 valence electrons. The van der Waals surface area contributed by atoms with E-state index in [2.05, 4.69) is 13.8 Å². The summed E-state index contributed by atoms with van der Waals surface area (Å²) in [6, 6.07) is 4.91. The van der Waals surface area contributed by atoms with Gasteiger partial charge in [0.05, 0.1) is 11.0 Å². The van der Waals surface area contributed by atoms with Gasteiger partial charge in [-0.15, -0.1) is 0 Å². The van der Waals surface area contributed by atoms with Crippen molar-refractivity contribution in [2.24, 2.45) is 0 Å². The van der Waals surface area contributed by atoms with Gasteiger partial charge in [-0.3, -0.25) is 10.1 Å². The van der Waals surface area contributed by atoms with Crippen LogP contribution >= 0.6 is 0 Å². The fraction of sp³-hybridized carbons (Fsp3) is 0.538. The Balaban J connectivity index is 2.35. The maximum absolute atomic E-state index is 10.7. The lowest BCUT2D eigenvalue weighted by molar-refractivity contribution is -0.385. The monoisotopic (exact) mass is 235 g/mol. The van der Waals surface area contributed by atoms with Gasteiger partial charge in [-0.25, -0.2) is 0 Å². The van der Waals surface area contributed by atoms with Gasteiger partial charge >= 0.3 is 0 Å². The van der Waals surface area contributed by atoms with Crippen molar-refractivity contribution in [2.45, 2.75) is 45.1 Å². The van der Waals surface area contributed by atoms with Crippen LogP contribution in [0.3, 0.4) is 0 Å². The highest BCUT2D eigenvalue weighted by Gasteiger charge is 2.33. The first-order valence-electron chi connectivity index (χ1n) is 6.06. The second-order valence-corrected chi connectivity index (χ2v) is 4.54. The Bertz CT molecular complexity index is 438. The van der Waals surface area contributed by atoms with Gasteiger partial charge in [-0.1, -0.05) is 13.8 Å². The first-order valence-corrected chi connectivity index (χ1v) is 6.06. The Morgan fingerprint density at radius 2 is 2.12 bits per heavy atom. The Kier molecular flexibility index (Phi) is 3.05. The SMILES string of the molecule is CCC1(CC)CCc2ccc([N+](=O)[O-])cc2O1. The molecule has 1 aliphatic rings. The zero-order valence-corrected chi connectivity index (χ0v) is 10.2. The van der Waals surface area contributed by atoms with Gasteiger partial charge in [0, 0.05) is 6.07 Å². The maximum Gasteiger partial charge on any atom is 0.273 e. The highest BCUT2D eigenvalue weighted by atomic mass is 16.6. The molecule has 1 aromatic carbocycles. The fourth-order valence-electron chi connectivity index (χ4n) is 2.35. The van der Waals surface area contributed by atoms with Crippen molar-refractivity contribution < 1.29 is 9.66 Å². The molecule has 4 nitrogen and oxygen atoms in total. The molecule has 2 rings (SSSR count). The third-order valence-electron chi connectivity index (χ3n) is 3.73. The second kappa shape index (κ2) is 4.35. The zero-order chi connectivity index (χ0) is 12.5. The summed E-state index contributed by atoms with van der Waals surface area (Å²) in [5.74, 6) is 0.689. The molecule has 1 aliphatic heterocycles. The van der Waals surface area contributed by atoms with Crippen LogP contribution in [0.5, 0.6) is 5.75 Å². The van der Waals surface area contributed by atoms with Crippen molar-refractivity contribution in [2.75, 3.05) is 0 Å². The van der Waals surface area contributed by atoms with E-state index in [1.165, 1.54) is 0 Å². The minimum atomic E-state index is -0.377. The maximum atomic E-state index is 10.7. The van der Waals surface area contributed by atoms with E-state index >= 15 is 0 Å².